The number of carbonyl (C=O) groups is 1. The number of thiophene rings is 1. The van der Waals surface area contributed by atoms with Gasteiger partial charge < -0.3 is 10.4 Å². The van der Waals surface area contributed by atoms with Gasteiger partial charge in [0.2, 0.25) is 0 Å². The van der Waals surface area contributed by atoms with Gasteiger partial charge in [-0.25, -0.2) is 0 Å². The third-order valence-electron chi connectivity index (χ3n) is 2.25. The van der Waals surface area contributed by atoms with Gasteiger partial charge >= 0.3 is 0 Å². The molecule has 0 saturated heterocycles. The van der Waals surface area contributed by atoms with Crippen molar-refractivity contribution in [3.8, 4) is 0 Å². The van der Waals surface area contributed by atoms with Crippen LogP contribution in [0.3, 0.4) is 0 Å². The summed E-state index contributed by atoms with van der Waals surface area (Å²) >= 11 is 1.39. The normalized spacial score (nSPS) is 21.6. The Morgan fingerprint density at radius 2 is 2.25 bits per heavy atom. The number of carbonyl (C=O) groups excluding carboxylic acids is 1. The van der Waals surface area contributed by atoms with Crippen LogP contribution in [0.15, 0.2) is 42.0 Å². The van der Waals surface area contributed by atoms with Crippen LogP contribution in [-0.4, -0.2) is 17.6 Å². The molecule has 1 aromatic heterocycles. The molecule has 1 aliphatic rings. The number of hydrogen-bond donors (Lipinski definition) is 2. The summed E-state index contributed by atoms with van der Waals surface area (Å²) in [6.07, 6.45) is 4.82. The van der Waals surface area contributed by atoms with E-state index >= 15 is 0 Å². The zero-order valence-corrected chi connectivity index (χ0v) is 9.38. The molecule has 1 aliphatic heterocycles. The first-order valence-corrected chi connectivity index (χ1v) is 5.68. The Labute approximate surface area is 97.4 Å². The molecule has 3 nitrogen and oxygen atoms in total. The number of fused-ring (bicyclic) bond motifs is 1. The maximum Gasteiger partial charge on any atom is 0.262 e. The van der Waals surface area contributed by atoms with Crippen molar-refractivity contribution < 1.29 is 9.90 Å². The van der Waals surface area contributed by atoms with Gasteiger partial charge in [0.15, 0.2) is 0 Å². The number of amides is 1. The van der Waals surface area contributed by atoms with Crippen molar-refractivity contribution in [3.63, 3.8) is 0 Å². The topological polar surface area (TPSA) is 49.3 Å². The third-order valence-corrected chi connectivity index (χ3v) is 3.16. The van der Waals surface area contributed by atoms with E-state index in [1.165, 1.54) is 11.3 Å². The molecule has 0 aromatic carbocycles. The van der Waals surface area contributed by atoms with Crippen molar-refractivity contribution in [2.24, 2.45) is 0 Å². The maximum atomic E-state index is 11.8. The Kier molecular flexibility index (Phi) is 2.92. The second kappa shape index (κ2) is 4.37. The molecule has 0 spiro atoms. The zero-order valence-electron chi connectivity index (χ0n) is 8.56. The summed E-state index contributed by atoms with van der Waals surface area (Å²) in [5.41, 5.74) is 1.53. The predicted octanol–water partition coefficient (Wildman–Crippen LogP) is 2.50. The van der Waals surface area contributed by atoms with Crippen molar-refractivity contribution in [1.82, 2.24) is 5.32 Å². The van der Waals surface area contributed by atoms with Gasteiger partial charge in [0.1, 0.15) is 5.76 Å². The number of aliphatic hydroxyl groups is 1. The predicted molar refractivity (Wildman–Crippen MR) is 65.5 cm³/mol. The lowest BCUT2D eigenvalue weighted by molar-refractivity contribution is 0.0961. The van der Waals surface area contributed by atoms with E-state index in [0.29, 0.717) is 17.0 Å². The Hall–Kier alpha value is -1.81. The largest absolute Gasteiger partial charge is 0.508 e. The number of rotatable bonds is 0. The highest BCUT2D eigenvalue weighted by molar-refractivity contribution is 7.12. The Balaban J connectivity index is 2.45. The summed E-state index contributed by atoms with van der Waals surface area (Å²) in [5, 5.41) is 14.0. The van der Waals surface area contributed by atoms with Crippen LogP contribution in [0.4, 0.5) is 0 Å². The molecule has 2 rings (SSSR count). The van der Waals surface area contributed by atoms with Crippen LogP contribution >= 0.6 is 11.3 Å². The first kappa shape index (κ1) is 10.7. The van der Waals surface area contributed by atoms with Crippen LogP contribution in [0.5, 0.6) is 0 Å². The molecule has 1 aromatic rings. The van der Waals surface area contributed by atoms with Gasteiger partial charge in [0, 0.05) is 12.1 Å². The van der Waals surface area contributed by atoms with Crippen LogP contribution in [-0.2, 0) is 0 Å². The van der Waals surface area contributed by atoms with Gasteiger partial charge in [0.05, 0.1) is 4.88 Å². The summed E-state index contributed by atoms with van der Waals surface area (Å²) in [7, 11) is 0. The summed E-state index contributed by atoms with van der Waals surface area (Å²) < 4.78 is 0. The molecule has 82 valence electrons. The van der Waals surface area contributed by atoms with Crippen molar-refractivity contribution >= 4 is 22.8 Å². The van der Waals surface area contributed by atoms with E-state index in [9.17, 15) is 9.90 Å². The molecule has 0 atom stereocenters. The highest BCUT2D eigenvalue weighted by Gasteiger charge is 2.14. The van der Waals surface area contributed by atoms with Crippen LogP contribution in [0.1, 0.15) is 15.2 Å². The van der Waals surface area contributed by atoms with Crippen molar-refractivity contribution in [1.29, 1.82) is 0 Å². The number of aliphatic hydroxyl groups excluding tert-OH is 1. The minimum atomic E-state index is -0.134. The van der Waals surface area contributed by atoms with E-state index in [4.69, 9.17) is 0 Å². The quantitative estimate of drug-likeness (QED) is 0.723. The summed E-state index contributed by atoms with van der Waals surface area (Å²) in [6.45, 7) is 4.19. The first-order valence-electron chi connectivity index (χ1n) is 4.80. The lowest BCUT2D eigenvalue weighted by atomic mass is 10.1. The fourth-order valence-corrected chi connectivity index (χ4v) is 2.26. The second-order valence-electron chi connectivity index (χ2n) is 3.36. The van der Waals surface area contributed by atoms with Gasteiger partial charge in [0.25, 0.3) is 5.91 Å². The second-order valence-corrected chi connectivity index (χ2v) is 4.28. The third kappa shape index (κ3) is 2.06. The summed E-state index contributed by atoms with van der Waals surface area (Å²) in [4.78, 5) is 12.4. The SMILES string of the molecule is C=C1/C=C\C(O)=C/CNC(=O)c2sccc21. The summed E-state index contributed by atoms with van der Waals surface area (Å²) in [6, 6.07) is 1.86. The van der Waals surface area contributed by atoms with Gasteiger partial charge in [-0.2, -0.15) is 0 Å². The molecule has 2 N–H and O–H groups in total. The Morgan fingerprint density at radius 3 is 3.06 bits per heavy atom. The van der Waals surface area contributed by atoms with Crippen molar-refractivity contribution in [3.05, 3.63) is 52.5 Å². The van der Waals surface area contributed by atoms with Gasteiger partial charge in [-0.3, -0.25) is 4.79 Å². The molecule has 0 aliphatic carbocycles. The van der Waals surface area contributed by atoms with Crippen molar-refractivity contribution in [2.45, 2.75) is 0 Å². The molecule has 1 amide bonds. The van der Waals surface area contributed by atoms with Crippen LogP contribution in [0.2, 0.25) is 0 Å². The molecule has 0 saturated carbocycles. The number of allylic oxidation sites excluding steroid dienone is 3. The van der Waals surface area contributed by atoms with Crippen LogP contribution in [0, 0.1) is 0 Å². The monoisotopic (exact) mass is 233 g/mol. The van der Waals surface area contributed by atoms with E-state index in [2.05, 4.69) is 11.9 Å². The van der Waals surface area contributed by atoms with Crippen molar-refractivity contribution in [2.75, 3.05) is 6.54 Å². The molecule has 0 fully saturated rings. The van der Waals surface area contributed by atoms with E-state index in [-0.39, 0.29) is 11.7 Å². The molecule has 0 unspecified atom stereocenters. The molecular weight excluding hydrogens is 222 g/mol. The Morgan fingerprint density at radius 1 is 1.44 bits per heavy atom. The van der Waals surface area contributed by atoms with E-state index < -0.39 is 0 Å². The number of hydrogen-bond acceptors (Lipinski definition) is 3. The fraction of sp³-hybridized carbons (Fsp3) is 0.0833. The van der Waals surface area contributed by atoms with Gasteiger partial charge in [-0.15, -0.1) is 11.3 Å². The zero-order chi connectivity index (χ0) is 11.5. The minimum absolute atomic E-state index is 0.125. The summed E-state index contributed by atoms with van der Waals surface area (Å²) in [5.74, 6) is -0.00868. The lowest BCUT2D eigenvalue weighted by Gasteiger charge is -2.06. The molecule has 2 heterocycles. The van der Waals surface area contributed by atoms with E-state index in [0.717, 1.165) is 5.56 Å². The highest BCUT2D eigenvalue weighted by Crippen LogP contribution is 2.24. The van der Waals surface area contributed by atoms with Gasteiger partial charge in [-0.05, 0) is 29.2 Å². The molecule has 0 bridgehead atoms. The lowest BCUT2D eigenvalue weighted by Crippen LogP contribution is -2.23. The molecule has 16 heavy (non-hydrogen) atoms. The average Bonchev–Trinajstić information content (AvgIpc) is 2.73. The standard InChI is InChI=1S/C12H11NO2S/c1-8-2-3-9(14)4-6-13-12(15)11-10(8)5-7-16-11/h2-5,7,14H,1,6H2,(H,13,15)/b3-2-,9-4+. The molecule has 0 radical (unpaired) electrons. The van der Waals surface area contributed by atoms with Crippen LogP contribution < -0.4 is 5.32 Å². The van der Waals surface area contributed by atoms with Gasteiger partial charge in [-0.1, -0.05) is 12.7 Å². The maximum absolute atomic E-state index is 11.8. The Bertz CT molecular complexity index is 497. The molecular formula is C12H11NO2S. The average molecular weight is 233 g/mol. The smallest absolute Gasteiger partial charge is 0.262 e. The van der Waals surface area contributed by atoms with Crippen LogP contribution in [0.25, 0.3) is 5.57 Å². The minimum Gasteiger partial charge on any atom is -0.508 e. The fourth-order valence-electron chi connectivity index (χ4n) is 1.41. The highest BCUT2D eigenvalue weighted by atomic mass is 32.1. The first-order chi connectivity index (χ1) is 7.68. The van der Waals surface area contributed by atoms with E-state index in [1.807, 2.05) is 11.4 Å². The molecule has 4 heteroatoms. The number of nitrogens with one attached hydrogen (secondary N) is 1. The van der Waals surface area contributed by atoms with E-state index in [1.54, 1.807) is 18.2 Å².